The van der Waals surface area contributed by atoms with Crippen molar-refractivity contribution in [2.45, 2.75) is 12.8 Å². The molecule has 136 valence electrons. The third-order valence-electron chi connectivity index (χ3n) is 4.40. The first kappa shape index (κ1) is 18.1. The molecule has 2 N–H and O–H groups in total. The van der Waals surface area contributed by atoms with Gasteiger partial charge in [0.25, 0.3) is 5.91 Å². The number of carbonyl (C=O) groups excluding carboxylic acids is 2. The van der Waals surface area contributed by atoms with Crippen LogP contribution in [0.1, 0.15) is 27.9 Å². The van der Waals surface area contributed by atoms with Crippen LogP contribution in [0, 0.1) is 5.92 Å². The Morgan fingerprint density at radius 2 is 1.65 bits per heavy atom. The van der Waals surface area contributed by atoms with Gasteiger partial charge >= 0.3 is 0 Å². The van der Waals surface area contributed by atoms with Crippen LogP contribution in [0.25, 0.3) is 0 Å². The summed E-state index contributed by atoms with van der Waals surface area (Å²) in [7, 11) is -3.15. The van der Waals surface area contributed by atoms with Crippen LogP contribution in [0.15, 0.2) is 54.6 Å². The Labute approximate surface area is 152 Å². The van der Waals surface area contributed by atoms with Crippen molar-refractivity contribution in [3.05, 3.63) is 71.3 Å². The largest absolute Gasteiger partial charge is 0.273 e. The van der Waals surface area contributed by atoms with Crippen molar-refractivity contribution in [2.24, 2.45) is 5.92 Å². The van der Waals surface area contributed by atoms with Crippen LogP contribution in [-0.4, -0.2) is 31.7 Å². The van der Waals surface area contributed by atoms with Gasteiger partial charge in [0, 0.05) is 5.56 Å². The lowest BCUT2D eigenvalue weighted by Gasteiger charge is -2.13. The number of nitrogens with one attached hydrogen (secondary N) is 2. The summed E-state index contributed by atoms with van der Waals surface area (Å²) < 4.78 is 22.9. The molecule has 0 aliphatic carbocycles. The molecule has 6 nitrogen and oxygen atoms in total. The number of benzene rings is 2. The van der Waals surface area contributed by atoms with Gasteiger partial charge in [-0.3, -0.25) is 20.4 Å². The van der Waals surface area contributed by atoms with E-state index in [2.05, 4.69) is 10.9 Å². The van der Waals surface area contributed by atoms with Crippen LogP contribution < -0.4 is 10.9 Å². The lowest BCUT2D eigenvalue weighted by molar-refractivity contribution is -0.125. The highest BCUT2D eigenvalue weighted by atomic mass is 32.2. The summed E-state index contributed by atoms with van der Waals surface area (Å²) in [6.07, 6.45) is 0.883. The first-order valence-electron chi connectivity index (χ1n) is 8.37. The second-order valence-corrected chi connectivity index (χ2v) is 8.59. The minimum Gasteiger partial charge on any atom is -0.273 e. The van der Waals surface area contributed by atoms with Crippen molar-refractivity contribution in [3.8, 4) is 0 Å². The molecule has 0 bridgehead atoms. The molecule has 1 heterocycles. The second kappa shape index (κ2) is 7.70. The Morgan fingerprint density at radius 1 is 0.962 bits per heavy atom. The highest BCUT2D eigenvalue weighted by Crippen LogP contribution is 2.18. The fourth-order valence-corrected chi connectivity index (χ4v) is 4.74. The summed E-state index contributed by atoms with van der Waals surface area (Å²) in [5.41, 5.74) is 7.13. The van der Waals surface area contributed by atoms with E-state index in [1.54, 1.807) is 12.1 Å². The zero-order valence-electron chi connectivity index (χ0n) is 14.1. The van der Waals surface area contributed by atoms with Gasteiger partial charge in [-0.25, -0.2) is 8.42 Å². The Bertz CT molecular complexity index is 910. The summed E-state index contributed by atoms with van der Waals surface area (Å²) in [6, 6.07) is 17.0. The number of hydrogen-bond donors (Lipinski definition) is 2. The molecule has 0 radical (unpaired) electrons. The van der Waals surface area contributed by atoms with E-state index in [0.29, 0.717) is 12.0 Å². The van der Waals surface area contributed by atoms with Crippen molar-refractivity contribution < 1.29 is 18.0 Å². The van der Waals surface area contributed by atoms with Crippen LogP contribution in [0.3, 0.4) is 0 Å². The minimum atomic E-state index is -3.15. The summed E-state index contributed by atoms with van der Waals surface area (Å²) >= 11 is 0. The summed E-state index contributed by atoms with van der Waals surface area (Å²) in [4.78, 5) is 24.5. The fourth-order valence-electron chi connectivity index (χ4n) is 3.00. The molecule has 0 unspecified atom stereocenters. The minimum absolute atomic E-state index is 0.0128. The van der Waals surface area contributed by atoms with E-state index in [1.807, 2.05) is 42.5 Å². The van der Waals surface area contributed by atoms with E-state index in [4.69, 9.17) is 0 Å². The van der Waals surface area contributed by atoms with Crippen LogP contribution in [0.2, 0.25) is 0 Å². The molecule has 2 aromatic carbocycles. The van der Waals surface area contributed by atoms with E-state index in [0.717, 1.165) is 11.1 Å². The summed E-state index contributed by atoms with van der Waals surface area (Å²) in [5, 5.41) is 0. The lowest BCUT2D eigenvalue weighted by Crippen LogP contribution is -2.45. The van der Waals surface area contributed by atoms with Gasteiger partial charge in [-0.1, -0.05) is 48.5 Å². The van der Waals surface area contributed by atoms with Crippen LogP contribution in [0.4, 0.5) is 0 Å². The quantitative estimate of drug-likeness (QED) is 0.795. The zero-order chi connectivity index (χ0) is 18.6. The lowest BCUT2D eigenvalue weighted by atomic mass is 9.99. The molecule has 1 saturated heterocycles. The van der Waals surface area contributed by atoms with Gasteiger partial charge in [-0.15, -0.1) is 0 Å². The van der Waals surface area contributed by atoms with Crippen LogP contribution in [-0.2, 0) is 21.1 Å². The molecule has 0 spiro atoms. The maximum Gasteiger partial charge on any atom is 0.269 e. The van der Waals surface area contributed by atoms with E-state index in [1.165, 1.54) is 0 Å². The number of amides is 2. The molecule has 1 aliphatic rings. The molecule has 0 aromatic heterocycles. The smallest absolute Gasteiger partial charge is 0.269 e. The first-order chi connectivity index (χ1) is 12.4. The van der Waals surface area contributed by atoms with Crippen molar-refractivity contribution in [2.75, 3.05) is 11.5 Å². The average molecular weight is 372 g/mol. The second-order valence-electron chi connectivity index (χ2n) is 6.36. The average Bonchev–Trinajstić information content (AvgIpc) is 3.01. The maximum atomic E-state index is 12.5. The molecule has 1 atom stereocenters. The van der Waals surface area contributed by atoms with E-state index in [9.17, 15) is 18.0 Å². The number of hydrazine groups is 1. The number of hydrogen-bond acceptors (Lipinski definition) is 4. The van der Waals surface area contributed by atoms with Gasteiger partial charge in [0.2, 0.25) is 5.91 Å². The SMILES string of the molecule is O=C(NNC(=O)[C@@H]1CCS(=O)(=O)C1)c1ccccc1Cc1ccccc1. The maximum absolute atomic E-state index is 12.5. The van der Waals surface area contributed by atoms with Gasteiger partial charge in [0.1, 0.15) is 0 Å². The summed E-state index contributed by atoms with van der Waals surface area (Å²) in [6.45, 7) is 0. The van der Waals surface area contributed by atoms with Gasteiger partial charge < -0.3 is 0 Å². The van der Waals surface area contributed by atoms with Gasteiger partial charge in [-0.2, -0.15) is 0 Å². The molecule has 1 fully saturated rings. The van der Waals surface area contributed by atoms with Gasteiger partial charge in [0.15, 0.2) is 9.84 Å². The van der Waals surface area contributed by atoms with Crippen molar-refractivity contribution in [1.29, 1.82) is 0 Å². The normalized spacial score (nSPS) is 18.2. The predicted molar refractivity (Wildman–Crippen MR) is 98.1 cm³/mol. The standard InChI is InChI=1S/C19H20N2O4S/c22-18(16-10-11-26(24,25)13-16)20-21-19(23)17-9-5-4-8-15(17)12-14-6-2-1-3-7-14/h1-9,16H,10-13H2,(H,20,22)(H,21,23)/t16-/m1/s1. The number of rotatable bonds is 4. The molecule has 0 saturated carbocycles. The Kier molecular flexibility index (Phi) is 5.37. The third-order valence-corrected chi connectivity index (χ3v) is 6.17. The Hall–Kier alpha value is -2.67. The number of sulfone groups is 1. The highest BCUT2D eigenvalue weighted by molar-refractivity contribution is 7.91. The van der Waals surface area contributed by atoms with E-state index in [-0.39, 0.29) is 17.9 Å². The molecule has 2 aromatic rings. The number of carbonyl (C=O) groups is 2. The summed E-state index contributed by atoms with van der Waals surface area (Å²) in [5.74, 6) is -1.66. The van der Waals surface area contributed by atoms with Crippen molar-refractivity contribution in [3.63, 3.8) is 0 Å². The molecule has 2 amide bonds. The molecule has 1 aliphatic heterocycles. The van der Waals surface area contributed by atoms with Gasteiger partial charge in [-0.05, 0) is 30.0 Å². The van der Waals surface area contributed by atoms with Crippen molar-refractivity contribution in [1.82, 2.24) is 10.9 Å². The molecule has 3 rings (SSSR count). The monoisotopic (exact) mass is 372 g/mol. The molecular formula is C19H20N2O4S. The molecule has 26 heavy (non-hydrogen) atoms. The van der Waals surface area contributed by atoms with Crippen molar-refractivity contribution >= 4 is 21.7 Å². The molecular weight excluding hydrogens is 352 g/mol. The van der Waals surface area contributed by atoms with E-state index < -0.39 is 27.6 Å². The zero-order valence-corrected chi connectivity index (χ0v) is 15.0. The Morgan fingerprint density at radius 3 is 2.35 bits per heavy atom. The van der Waals surface area contributed by atoms with E-state index >= 15 is 0 Å². The van der Waals surface area contributed by atoms with Crippen LogP contribution >= 0.6 is 0 Å². The van der Waals surface area contributed by atoms with Gasteiger partial charge in [0.05, 0.1) is 17.4 Å². The molecule has 7 heteroatoms. The topological polar surface area (TPSA) is 92.3 Å². The first-order valence-corrected chi connectivity index (χ1v) is 10.2. The van der Waals surface area contributed by atoms with Crippen LogP contribution in [0.5, 0.6) is 0 Å². The fraction of sp³-hybridized carbons (Fsp3) is 0.263. The highest BCUT2D eigenvalue weighted by Gasteiger charge is 2.33. The Balaban J connectivity index is 1.64. The predicted octanol–water partition coefficient (Wildman–Crippen LogP) is 1.47. The third kappa shape index (κ3) is 4.49.